The van der Waals surface area contributed by atoms with Crippen molar-refractivity contribution in [1.82, 2.24) is 0 Å². The number of carboxylic acid groups (broad SMARTS) is 1. The van der Waals surface area contributed by atoms with Crippen LogP contribution in [0.2, 0.25) is 0 Å². The van der Waals surface area contributed by atoms with Crippen LogP contribution < -0.4 is 10.6 Å². The highest BCUT2D eigenvalue weighted by atomic mass is 16.4. The van der Waals surface area contributed by atoms with Crippen molar-refractivity contribution >= 4 is 17.6 Å². The number of anilines is 1. The van der Waals surface area contributed by atoms with Gasteiger partial charge < -0.3 is 15.7 Å². The number of aryl methyl sites for hydroxylation is 1. The molecule has 0 fully saturated rings. The first-order valence-electron chi connectivity index (χ1n) is 5.96. The van der Waals surface area contributed by atoms with Gasteiger partial charge in [-0.3, -0.25) is 9.59 Å². The summed E-state index contributed by atoms with van der Waals surface area (Å²) in [6, 6.07) is 5.74. The number of rotatable bonds is 4. The maximum absolute atomic E-state index is 11.7. The van der Waals surface area contributed by atoms with Crippen LogP contribution in [0.25, 0.3) is 0 Å². The minimum atomic E-state index is -0.998. The Morgan fingerprint density at radius 3 is 2.83 bits per heavy atom. The maximum Gasteiger partial charge on any atom is 0.323 e. The van der Waals surface area contributed by atoms with E-state index in [1.165, 1.54) is 4.90 Å². The molecule has 0 aromatic heterocycles. The minimum absolute atomic E-state index is 0.128. The fourth-order valence-electron chi connectivity index (χ4n) is 2.24. The van der Waals surface area contributed by atoms with Crippen LogP contribution >= 0.6 is 0 Å². The van der Waals surface area contributed by atoms with Crippen molar-refractivity contribution in [2.24, 2.45) is 5.73 Å². The van der Waals surface area contributed by atoms with Gasteiger partial charge in [0.15, 0.2) is 0 Å². The Balaban J connectivity index is 2.32. The van der Waals surface area contributed by atoms with E-state index in [9.17, 15) is 9.59 Å². The second-order valence-electron chi connectivity index (χ2n) is 4.38. The number of nitrogens with zero attached hydrogens (tertiary/aromatic N) is 1. The molecule has 0 unspecified atom stereocenters. The lowest BCUT2D eigenvalue weighted by Crippen LogP contribution is -2.39. The second kappa shape index (κ2) is 5.18. The van der Waals surface area contributed by atoms with Gasteiger partial charge in [-0.1, -0.05) is 12.1 Å². The molecular weight excluding hydrogens is 232 g/mol. The summed E-state index contributed by atoms with van der Waals surface area (Å²) in [4.78, 5) is 23.9. The molecule has 3 N–H and O–H groups in total. The lowest BCUT2D eigenvalue weighted by molar-refractivity contribution is -0.136. The molecule has 0 atom stereocenters. The summed E-state index contributed by atoms with van der Waals surface area (Å²) in [6.07, 6.45) is 1.83. The lowest BCUT2D eigenvalue weighted by atomic mass is 9.97. The van der Waals surface area contributed by atoms with Gasteiger partial charge >= 0.3 is 5.97 Å². The Kier molecular flexibility index (Phi) is 3.62. The van der Waals surface area contributed by atoms with Gasteiger partial charge in [0.05, 0.1) is 0 Å². The number of carbonyl (C=O) groups is 2. The highest BCUT2D eigenvalue weighted by Crippen LogP contribution is 2.28. The normalized spacial score (nSPS) is 14.5. The molecule has 1 aromatic carbocycles. The predicted molar refractivity (Wildman–Crippen MR) is 67.5 cm³/mol. The van der Waals surface area contributed by atoms with E-state index in [0.29, 0.717) is 19.4 Å². The zero-order valence-corrected chi connectivity index (χ0v) is 10.1. The Hall–Kier alpha value is -1.88. The molecule has 96 valence electrons. The second-order valence-corrected chi connectivity index (χ2v) is 4.38. The number of carbonyl (C=O) groups excluding carboxylic acids is 1. The Morgan fingerprint density at radius 2 is 2.17 bits per heavy atom. The number of hydrogen-bond acceptors (Lipinski definition) is 3. The average Bonchev–Trinajstić information content (AvgIpc) is 2.33. The fourth-order valence-corrected chi connectivity index (χ4v) is 2.24. The molecule has 1 aliphatic heterocycles. The SMILES string of the molecule is NCCc1ccc2c(c1)CCC(=O)N2CC(=O)O. The van der Waals surface area contributed by atoms with Crippen LogP contribution in [0.5, 0.6) is 0 Å². The first-order valence-corrected chi connectivity index (χ1v) is 5.96. The maximum atomic E-state index is 11.7. The zero-order chi connectivity index (χ0) is 13.1. The van der Waals surface area contributed by atoms with Gasteiger partial charge in [0.2, 0.25) is 5.91 Å². The zero-order valence-electron chi connectivity index (χ0n) is 10.1. The number of benzene rings is 1. The summed E-state index contributed by atoms with van der Waals surface area (Å²) < 4.78 is 0. The van der Waals surface area contributed by atoms with E-state index in [0.717, 1.165) is 23.2 Å². The molecule has 5 heteroatoms. The minimum Gasteiger partial charge on any atom is -0.480 e. The third-order valence-electron chi connectivity index (χ3n) is 3.07. The van der Waals surface area contributed by atoms with E-state index in [1.807, 2.05) is 18.2 Å². The van der Waals surface area contributed by atoms with Gasteiger partial charge in [0.25, 0.3) is 0 Å². The molecule has 0 aliphatic carbocycles. The van der Waals surface area contributed by atoms with Crippen LogP contribution in [0.1, 0.15) is 17.5 Å². The Morgan fingerprint density at radius 1 is 1.39 bits per heavy atom. The predicted octanol–water partition coefficient (Wildman–Crippen LogP) is 0.552. The van der Waals surface area contributed by atoms with Crippen LogP contribution in [0, 0.1) is 0 Å². The van der Waals surface area contributed by atoms with Crippen LogP contribution in [-0.2, 0) is 22.4 Å². The van der Waals surface area contributed by atoms with Crippen LogP contribution in [0.15, 0.2) is 18.2 Å². The first kappa shape index (κ1) is 12.6. The molecule has 1 amide bonds. The smallest absolute Gasteiger partial charge is 0.323 e. The van der Waals surface area contributed by atoms with Crippen molar-refractivity contribution < 1.29 is 14.7 Å². The van der Waals surface area contributed by atoms with E-state index in [2.05, 4.69) is 0 Å². The van der Waals surface area contributed by atoms with Gasteiger partial charge in [-0.05, 0) is 36.6 Å². The topological polar surface area (TPSA) is 83.6 Å². The molecule has 1 aromatic rings. The van der Waals surface area contributed by atoms with Gasteiger partial charge in [-0.25, -0.2) is 0 Å². The Labute approximate surface area is 105 Å². The molecule has 0 bridgehead atoms. The molecule has 0 saturated carbocycles. The molecule has 2 rings (SSSR count). The number of fused-ring (bicyclic) bond motifs is 1. The van der Waals surface area contributed by atoms with Gasteiger partial charge in [0.1, 0.15) is 6.54 Å². The molecule has 5 nitrogen and oxygen atoms in total. The summed E-state index contributed by atoms with van der Waals surface area (Å²) in [7, 11) is 0. The van der Waals surface area contributed by atoms with Crippen molar-refractivity contribution in [2.75, 3.05) is 18.0 Å². The molecule has 1 aliphatic rings. The third-order valence-corrected chi connectivity index (χ3v) is 3.07. The average molecular weight is 248 g/mol. The highest BCUT2D eigenvalue weighted by Gasteiger charge is 2.25. The number of hydrogen-bond donors (Lipinski definition) is 2. The van der Waals surface area contributed by atoms with Gasteiger partial charge in [-0.2, -0.15) is 0 Å². The van der Waals surface area contributed by atoms with Crippen LogP contribution in [-0.4, -0.2) is 30.1 Å². The number of aliphatic carboxylic acids is 1. The van der Waals surface area contributed by atoms with E-state index in [1.54, 1.807) is 0 Å². The first-order chi connectivity index (χ1) is 8.61. The van der Waals surface area contributed by atoms with Crippen LogP contribution in [0.4, 0.5) is 5.69 Å². The van der Waals surface area contributed by atoms with Crippen molar-refractivity contribution in [3.8, 4) is 0 Å². The van der Waals surface area contributed by atoms with E-state index in [-0.39, 0.29) is 12.5 Å². The van der Waals surface area contributed by atoms with E-state index >= 15 is 0 Å². The largest absolute Gasteiger partial charge is 0.480 e. The third kappa shape index (κ3) is 2.51. The molecule has 1 heterocycles. The van der Waals surface area contributed by atoms with Crippen LogP contribution in [0.3, 0.4) is 0 Å². The summed E-state index contributed by atoms with van der Waals surface area (Å²) in [5, 5.41) is 8.84. The van der Waals surface area contributed by atoms with Crippen molar-refractivity contribution in [3.63, 3.8) is 0 Å². The summed E-state index contributed by atoms with van der Waals surface area (Å²) in [5.41, 5.74) is 8.38. The monoisotopic (exact) mass is 248 g/mol. The van der Waals surface area contributed by atoms with Gasteiger partial charge in [0, 0.05) is 12.1 Å². The summed E-state index contributed by atoms with van der Waals surface area (Å²) >= 11 is 0. The summed E-state index contributed by atoms with van der Waals surface area (Å²) in [6.45, 7) is 0.304. The quantitative estimate of drug-likeness (QED) is 0.815. The molecular formula is C13H16N2O3. The molecule has 0 spiro atoms. The number of amides is 1. The van der Waals surface area contributed by atoms with Crippen molar-refractivity contribution in [1.29, 1.82) is 0 Å². The molecule has 18 heavy (non-hydrogen) atoms. The standard InChI is InChI=1S/C13H16N2O3/c14-6-5-9-1-3-11-10(7-9)2-4-12(16)15(11)8-13(17)18/h1,3,7H,2,4-6,8,14H2,(H,17,18). The van der Waals surface area contributed by atoms with Crippen molar-refractivity contribution in [2.45, 2.75) is 19.3 Å². The molecule has 0 saturated heterocycles. The molecule has 0 radical (unpaired) electrons. The lowest BCUT2D eigenvalue weighted by Gasteiger charge is -2.28. The van der Waals surface area contributed by atoms with E-state index < -0.39 is 5.97 Å². The Bertz CT molecular complexity index is 485. The van der Waals surface area contributed by atoms with Gasteiger partial charge in [-0.15, -0.1) is 0 Å². The number of carboxylic acids is 1. The van der Waals surface area contributed by atoms with Crippen molar-refractivity contribution in [3.05, 3.63) is 29.3 Å². The fraction of sp³-hybridized carbons (Fsp3) is 0.385. The number of nitrogens with two attached hydrogens (primary N) is 1. The highest BCUT2D eigenvalue weighted by molar-refractivity contribution is 5.99. The van der Waals surface area contributed by atoms with E-state index in [4.69, 9.17) is 10.8 Å². The summed E-state index contributed by atoms with van der Waals surface area (Å²) in [5.74, 6) is -1.13.